The highest BCUT2D eigenvalue weighted by molar-refractivity contribution is 5.73. The molecule has 0 N–H and O–H groups in total. The number of carbonyl (C=O) groups is 1. The number of imidazole rings is 1. The summed E-state index contributed by atoms with van der Waals surface area (Å²) in [6, 6.07) is 11.1. The average Bonchev–Trinajstić information content (AvgIpc) is 3.54. The van der Waals surface area contributed by atoms with Gasteiger partial charge < -0.3 is 28.6 Å². The van der Waals surface area contributed by atoms with Crippen molar-refractivity contribution in [3.63, 3.8) is 0 Å². The number of ether oxygens (including phenoxy) is 3. The van der Waals surface area contributed by atoms with Gasteiger partial charge >= 0.3 is 0 Å². The molecule has 36 heavy (non-hydrogen) atoms. The summed E-state index contributed by atoms with van der Waals surface area (Å²) >= 11 is 0. The van der Waals surface area contributed by atoms with E-state index >= 15 is 0 Å². The molecule has 2 aliphatic rings. The summed E-state index contributed by atoms with van der Waals surface area (Å²) in [5.41, 5.74) is 1.19. The topological polar surface area (TPSA) is 69.1 Å². The summed E-state index contributed by atoms with van der Waals surface area (Å²) in [6.45, 7) is 5.12. The molecule has 3 heterocycles. The van der Waals surface area contributed by atoms with Gasteiger partial charge in [0.25, 0.3) is 0 Å². The Kier molecular flexibility index (Phi) is 6.88. The molecule has 0 aliphatic carbocycles. The summed E-state index contributed by atoms with van der Waals surface area (Å²) in [6.07, 6.45) is 4.46. The number of aromatic nitrogens is 2. The van der Waals surface area contributed by atoms with Crippen molar-refractivity contribution in [1.29, 1.82) is 0 Å². The highest BCUT2D eigenvalue weighted by Crippen LogP contribution is 2.38. The van der Waals surface area contributed by atoms with Crippen LogP contribution >= 0.6 is 0 Å². The van der Waals surface area contributed by atoms with Gasteiger partial charge in [-0.15, -0.1) is 0 Å². The molecule has 2 aliphatic heterocycles. The Balaban J connectivity index is 1.22. The van der Waals surface area contributed by atoms with Crippen LogP contribution in [0.2, 0.25) is 0 Å². The number of anilines is 1. The highest BCUT2D eigenvalue weighted by atomic mass is 19.1. The van der Waals surface area contributed by atoms with E-state index in [1.54, 1.807) is 30.2 Å². The summed E-state index contributed by atoms with van der Waals surface area (Å²) in [4.78, 5) is 19.6. The van der Waals surface area contributed by atoms with Gasteiger partial charge in [-0.05, 0) is 36.4 Å². The summed E-state index contributed by atoms with van der Waals surface area (Å²) in [5, 5.41) is 0. The van der Waals surface area contributed by atoms with Gasteiger partial charge in [0.15, 0.2) is 0 Å². The van der Waals surface area contributed by atoms with Crippen LogP contribution in [0.1, 0.15) is 12.5 Å². The molecule has 3 aromatic rings. The van der Waals surface area contributed by atoms with Gasteiger partial charge in [-0.25, -0.2) is 13.8 Å². The fourth-order valence-corrected chi connectivity index (χ4v) is 4.60. The van der Waals surface area contributed by atoms with Crippen molar-refractivity contribution in [1.82, 2.24) is 14.5 Å². The maximum absolute atomic E-state index is 14.7. The minimum atomic E-state index is -1.43. The first kappa shape index (κ1) is 24.2. The minimum absolute atomic E-state index is 0.104. The molecule has 0 spiro atoms. The fraction of sp³-hybridized carbons (Fsp3) is 0.385. The van der Waals surface area contributed by atoms with E-state index < -0.39 is 23.5 Å². The lowest BCUT2D eigenvalue weighted by molar-refractivity contribution is -0.191. The summed E-state index contributed by atoms with van der Waals surface area (Å²) in [7, 11) is 0. The highest BCUT2D eigenvalue weighted by Gasteiger charge is 2.45. The summed E-state index contributed by atoms with van der Waals surface area (Å²) in [5.74, 6) is -2.07. The van der Waals surface area contributed by atoms with E-state index in [0.717, 1.165) is 24.8 Å². The molecule has 2 fully saturated rings. The quantitative estimate of drug-likeness (QED) is 0.499. The Morgan fingerprint density at radius 2 is 1.92 bits per heavy atom. The van der Waals surface area contributed by atoms with E-state index in [9.17, 15) is 13.6 Å². The molecule has 2 aromatic carbocycles. The Labute approximate surface area is 208 Å². The fourth-order valence-electron chi connectivity index (χ4n) is 4.60. The van der Waals surface area contributed by atoms with Gasteiger partial charge in [-0.1, -0.05) is 0 Å². The standard InChI is InChI=1S/C26H28F2N4O4/c1-19(33)31-10-12-32(13-11-31)21-3-5-22(6-4-21)34-15-23-16-35-26(36-23,17-30-9-8-29-18-30)24-7-2-20(27)14-25(24)28/h2-9,14,18,23H,10-13,15-17H2,1H3/t23-,26-/m0/s1. The van der Waals surface area contributed by atoms with Crippen LogP contribution in [-0.2, 0) is 26.6 Å². The SMILES string of the molecule is CC(=O)N1CCN(c2ccc(OC[C@H]3CO[C@](Cn4ccnc4)(c4ccc(F)cc4F)O3)cc2)CC1. The zero-order valence-electron chi connectivity index (χ0n) is 20.0. The van der Waals surface area contributed by atoms with Crippen molar-refractivity contribution in [3.05, 3.63) is 78.4 Å². The van der Waals surface area contributed by atoms with Gasteiger partial charge in [-0.2, -0.15) is 0 Å². The van der Waals surface area contributed by atoms with Gasteiger partial charge in [0.05, 0.1) is 19.5 Å². The lowest BCUT2D eigenvalue weighted by Gasteiger charge is -2.35. The molecular formula is C26H28F2N4O4. The first-order valence-corrected chi connectivity index (χ1v) is 11.9. The van der Waals surface area contributed by atoms with Crippen molar-refractivity contribution in [2.75, 3.05) is 44.3 Å². The molecule has 1 aromatic heterocycles. The van der Waals surface area contributed by atoms with Crippen molar-refractivity contribution in [2.45, 2.75) is 25.4 Å². The number of benzene rings is 2. The lowest BCUT2D eigenvalue weighted by Crippen LogP contribution is -2.48. The largest absolute Gasteiger partial charge is 0.491 e. The second-order valence-corrected chi connectivity index (χ2v) is 8.96. The molecule has 1 amide bonds. The maximum Gasteiger partial charge on any atom is 0.219 e. The molecule has 5 rings (SSSR count). The zero-order valence-corrected chi connectivity index (χ0v) is 20.0. The normalized spacial score (nSPS) is 22.1. The number of hydrogen-bond donors (Lipinski definition) is 0. The lowest BCUT2D eigenvalue weighted by atomic mass is 10.0. The molecular weight excluding hydrogens is 470 g/mol. The molecule has 0 bridgehead atoms. The van der Waals surface area contributed by atoms with E-state index in [1.807, 2.05) is 29.2 Å². The third kappa shape index (κ3) is 5.19. The predicted molar refractivity (Wildman–Crippen MR) is 127 cm³/mol. The van der Waals surface area contributed by atoms with Crippen LogP contribution in [0.5, 0.6) is 5.75 Å². The third-order valence-electron chi connectivity index (χ3n) is 6.51. The number of nitrogens with zero attached hydrogens (tertiary/aromatic N) is 4. The van der Waals surface area contributed by atoms with Crippen molar-refractivity contribution in [2.24, 2.45) is 0 Å². The second-order valence-electron chi connectivity index (χ2n) is 8.96. The number of carbonyl (C=O) groups excluding carboxylic acids is 1. The van der Waals surface area contributed by atoms with E-state index in [1.165, 1.54) is 12.1 Å². The van der Waals surface area contributed by atoms with Gasteiger partial charge in [-0.3, -0.25) is 4.79 Å². The van der Waals surface area contributed by atoms with Crippen LogP contribution in [0.15, 0.2) is 61.2 Å². The number of amides is 1. The van der Waals surface area contributed by atoms with Crippen LogP contribution in [-0.4, -0.2) is 65.9 Å². The van der Waals surface area contributed by atoms with Crippen molar-refractivity contribution < 1.29 is 27.8 Å². The van der Waals surface area contributed by atoms with E-state index in [4.69, 9.17) is 14.2 Å². The van der Waals surface area contributed by atoms with Crippen molar-refractivity contribution in [3.8, 4) is 5.75 Å². The molecule has 0 unspecified atom stereocenters. The summed E-state index contributed by atoms with van der Waals surface area (Å²) < 4.78 is 48.1. The van der Waals surface area contributed by atoms with Gasteiger partial charge in [0.2, 0.25) is 11.7 Å². The number of piperazine rings is 1. The monoisotopic (exact) mass is 498 g/mol. The zero-order chi connectivity index (χ0) is 25.1. The van der Waals surface area contributed by atoms with Gasteiger partial charge in [0.1, 0.15) is 30.1 Å². The molecule has 2 saturated heterocycles. The molecule has 2 atom stereocenters. The Morgan fingerprint density at radius 1 is 1.14 bits per heavy atom. The van der Waals surface area contributed by atoms with Crippen LogP contribution < -0.4 is 9.64 Å². The molecule has 0 radical (unpaired) electrons. The van der Waals surface area contributed by atoms with E-state index in [2.05, 4.69) is 9.88 Å². The maximum atomic E-state index is 14.7. The number of halogens is 2. The number of hydrogen-bond acceptors (Lipinski definition) is 6. The molecule has 10 heteroatoms. The van der Waals surface area contributed by atoms with Crippen LogP contribution in [0.25, 0.3) is 0 Å². The van der Waals surface area contributed by atoms with E-state index in [0.29, 0.717) is 18.8 Å². The average molecular weight is 499 g/mol. The van der Waals surface area contributed by atoms with Gasteiger partial charge in [0, 0.05) is 62.8 Å². The minimum Gasteiger partial charge on any atom is -0.491 e. The van der Waals surface area contributed by atoms with Crippen LogP contribution in [0.3, 0.4) is 0 Å². The van der Waals surface area contributed by atoms with Crippen LogP contribution in [0, 0.1) is 11.6 Å². The number of rotatable bonds is 7. The second kappa shape index (κ2) is 10.2. The Bertz CT molecular complexity index is 1180. The van der Waals surface area contributed by atoms with E-state index in [-0.39, 0.29) is 31.2 Å². The van der Waals surface area contributed by atoms with Crippen LogP contribution in [0.4, 0.5) is 14.5 Å². The first-order valence-electron chi connectivity index (χ1n) is 11.9. The molecule has 190 valence electrons. The smallest absolute Gasteiger partial charge is 0.219 e. The Hall–Kier alpha value is -3.50. The Morgan fingerprint density at radius 3 is 2.58 bits per heavy atom. The third-order valence-corrected chi connectivity index (χ3v) is 6.51. The first-order chi connectivity index (χ1) is 17.4. The van der Waals surface area contributed by atoms with Crippen molar-refractivity contribution >= 4 is 11.6 Å². The predicted octanol–water partition coefficient (Wildman–Crippen LogP) is 3.18. The molecule has 0 saturated carbocycles. The molecule has 8 nitrogen and oxygen atoms in total.